The lowest BCUT2D eigenvalue weighted by atomic mass is 10.1. The van der Waals surface area contributed by atoms with Crippen molar-refractivity contribution < 1.29 is 14.3 Å². The Labute approximate surface area is 161 Å². The van der Waals surface area contributed by atoms with Crippen molar-refractivity contribution >= 4 is 24.2 Å². The van der Waals surface area contributed by atoms with Crippen molar-refractivity contribution in [1.29, 1.82) is 0 Å². The van der Waals surface area contributed by atoms with Gasteiger partial charge >= 0.3 is 0 Å². The maximum Gasteiger partial charge on any atom is 0.242 e. The molecule has 3 rings (SSSR count). The lowest BCUT2D eigenvalue weighted by molar-refractivity contribution is -0.144. The number of hydrogen-bond acceptors (Lipinski definition) is 4. The Hall–Kier alpha value is -1.63. The largest absolute Gasteiger partial charge is 0.375 e. The van der Waals surface area contributed by atoms with E-state index in [1.807, 2.05) is 47.9 Å². The van der Waals surface area contributed by atoms with Gasteiger partial charge in [0.2, 0.25) is 11.8 Å². The van der Waals surface area contributed by atoms with Gasteiger partial charge in [-0.2, -0.15) is 0 Å². The van der Waals surface area contributed by atoms with Gasteiger partial charge in [-0.3, -0.25) is 9.59 Å². The lowest BCUT2D eigenvalue weighted by Crippen LogP contribution is -2.60. The quantitative estimate of drug-likeness (QED) is 0.848. The van der Waals surface area contributed by atoms with Crippen molar-refractivity contribution in [2.45, 2.75) is 32.4 Å². The summed E-state index contributed by atoms with van der Waals surface area (Å²) in [4.78, 5) is 28.8. The molecule has 0 aliphatic carbocycles. The molecule has 2 saturated heterocycles. The molecule has 0 radical (unpaired) electrons. The van der Waals surface area contributed by atoms with Gasteiger partial charge in [0.15, 0.2) is 0 Å². The fraction of sp³-hybridized carbons (Fsp3) is 0.579. The smallest absolute Gasteiger partial charge is 0.242 e. The van der Waals surface area contributed by atoms with E-state index in [0.717, 1.165) is 5.56 Å². The molecule has 0 aromatic heterocycles. The van der Waals surface area contributed by atoms with Gasteiger partial charge in [-0.1, -0.05) is 29.8 Å². The third kappa shape index (κ3) is 4.96. The van der Waals surface area contributed by atoms with E-state index in [4.69, 9.17) is 4.74 Å². The minimum absolute atomic E-state index is 0. The maximum atomic E-state index is 12.6. The standard InChI is InChI=1S/C19H27N3O3.ClH/c1-14-3-5-16(6-4-14)13-17(23)21-8-10-22(11-9-21)19(24)18-15(2)25-12-7-20-18;/h3-6,15,18,20H,7-13H2,1-2H3;1H/t15-,18+;/m1./s1. The van der Waals surface area contributed by atoms with E-state index >= 15 is 0 Å². The number of piperazine rings is 1. The summed E-state index contributed by atoms with van der Waals surface area (Å²) in [5.74, 6) is 0.210. The Morgan fingerprint density at radius 1 is 1.12 bits per heavy atom. The Balaban J connectivity index is 0.00000243. The Morgan fingerprint density at radius 2 is 1.73 bits per heavy atom. The number of aryl methyl sites for hydroxylation is 1. The van der Waals surface area contributed by atoms with Crippen LogP contribution in [0.1, 0.15) is 18.1 Å². The van der Waals surface area contributed by atoms with Crippen molar-refractivity contribution in [2.75, 3.05) is 39.3 Å². The van der Waals surface area contributed by atoms with Crippen molar-refractivity contribution in [3.05, 3.63) is 35.4 Å². The molecule has 0 saturated carbocycles. The number of ether oxygens (including phenoxy) is 1. The van der Waals surface area contributed by atoms with Gasteiger partial charge in [0.25, 0.3) is 0 Å². The molecule has 1 aromatic rings. The molecule has 2 heterocycles. The van der Waals surface area contributed by atoms with Crippen LogP contribution in [-0.4, -0.2) is 73.1 Å². The molecule has 1 N–H and O–H groups in total. The minimum atomic E-state index is -0.274. The Bertz CT molecular complexity index is 615. The second kappa shape index (κ2) is 9.35. The summed E-state index contributed by atoms with van der Waals surface area (Å²) in [6, 6.07) is 7.79. The van der Waals surface area contributed by atoms with Crippen LogP contribution in [-0.2, 0) is 20.7 Å². The molecule has 2 aliphatic heterocycles. The number of halogens is 1. The highest BCUT2D eigenvalue weighted by Gasteiger charge is 2.33. The second-order valence-corrected chi connectivity index (χ2v) is 6.88. The molecule has 144 valence electrons. The molecule has 1 aromatic carbocycles. The molecule has 26 heavy (non-hydrogen) atoms. The van der Waals surface area contributed by atoms with E-state index < -0.39 is 0 Å². The summed E-state index contributed by atoms with van der Waals surface area (Å²) < 4.78 is 5.56. The molecular formula is C19H28ClN3O3. The molecule has 2 aliphatic rings. The predicted molar refractivity (Wildman–Crippen MR) is 102 cm³/mol. The first-order valence-corrected chi connectivity index (χ1v) is 9.01. The summed E-state index contributed by atoms with van der Waals surface area (Å²) in [7, 11) is 0. The maximum absolute atomic E-state index is 12.6. The number of carbonyl (C=O) groups is 2. The predicted octanol–water partition coefficient (Wildman–Crippen LogP) is 1.01. The van der Waals surface area contributed by atoms with Gasteiger partial charge in [0.05, 0.1) is 19.1 Å². The first-order valence-electron chi connectivity index (χ1n) is 9.01. The average Bonchev–Trinajstić information content (AvgIpc) is 2.63. The normalized spacial score (nSPS) is 23.3. The SMILES string of the molecule is Cc1ccc(CC(=O)N2CCN(C(=O)[C@H]3NCCO[C@@H]3C)CC2)cc1.Cl. The van der Waals surface area contributed by atoms with Crippen molar-refractivity contribution in [2.24, 2.45) is 0 Å². The highest BCUT2D eigenvalue weighted by molar-refractivity contribution is 5.85. The van der Waals surface area contributed by atoms with Gasteiger partial charge in [-0.15, -0.1) is 12.4 Å². The van der Waals surface area contributed by atoms with Crippen molar-refractivity contribution in [3.8, 4) is 0 Å². The summed E-state index contributed by atoms with van der Waals surface area (Å²) in [6.07, 6.45) is 0.311. The number of benzene rings is 1. The van der Waals surface area contributed by atoms with E-state index in [1.54, 1.807) is 0 Å². The van der Waals surface area contributed by atoms with Gasteiger partial charge in [-0.05, 0) is 19.4 Å². The number of hydrogen-bond donors (Lipinski definition) is 1. The van der Waals surface area contributed by atoms with Crippen LogP contribution in [0, 0.1) is 6.92 Å². The Morgan fingerprint density at radius 3 is 2.35 bits per heavy atom. The molecule has 2 amide bonds. The monoisotopic (exact) mass is 381 g/mol. The minimum Gasteiger partial charge on any atom is -0.375 e. The summed E-state index contributed by atoms with van der Waals surface area (Å²) in [6.45, 7) is 7.68. The van der Waals surface area contributed by atoms with Crippen LogP contribution in [0.15, 0.2) is 24.3 Å². The Kier molecular flexibility index (Phi) is 7.43. The summed E-state index contributed by atoms with van der Waals surface area (Å²) in [5, 5.41) is 3.24. The van der Waals surface area contributed by atoms with Gasteiger partial charge in [0.1, 0.15) is 6.04 Å². The fourth-order valence-electron chi connectivity index (χ4n) is 3.37. The number of nitrogens with zero attached hydrogens (tertiary/aromatic N) is 2. The molecule has 7 heteroatoms. The first kappa shape index (κ1) is 20.7. The van der Waals surface area contributed by atoms with E-state index in [-0.39, 0.29) is 36.4 Å². The molecular weight excluding hydrogens is 354 g/mol. The van der Waals surface area contributed by atoms with E-state index in [9.17, 15) is 9.59 Å². The number of nitrogens with one attached hydrogen (secondary N) is 1. The zero-order valence-electron chi connectivity index (χ0n) is 15.4. The number of morpholine rings is 1. The topological polar surface area (TPSA) is 61.9 Å². The molecule has 2 fully saturated rings. The first-order chi connectivity index (χ1) is 12.0. The van der Waals surface area contributed by atoms with Crippen LogP contribution in [0.25, 0.3) is 0 Å². The fourth-order valence-corrected chi connectivity index (χ4v) is 3.37. The highest BCUT2D eigenvalue weighted by Crippen LogP contribution is 2.12. The van der Waals surface area contributed by atoms with Crippen LogP contribution in [0.3, 0.4) is 0 Å². The zero-order valence-corrected chi connectivity index (χ0v) is 16.3. The van der Waals surface area contributed by atoms with Crippen molar-refractivity contribution in [1.82, 2.24) is 15.1 Å². The van der Waals surface area contributed by atoms with Crippen LogP contribution >= 0.6 is 12.4 Å². The molecule has 2 atom stereocenters. The van der Waals surface area contributed by atoms with Gasteiger partial charge in [0, 0.05) is 32.7 Å². The summed E-state index contributed by atoms with van der Waals surface area (Å²) in [5.41, 5.74) is 2.23. The van der Waals surface area contributed by atoms with Crippen molar-refractivity contribution in [3.63, 3.8) is 0 Å². The molecule has 6 nitrogen and oxygen atoms in total. The van der Waals surface area contributed by atoms with Crippen LogP contribution in [0.2, 0.25) is 0 Å². The van der Waals surface area contributed by atoms with Crippen LogP contribution in [0.4, 0.5) is 0 Å². The van der Waals surface area contributed by atoms with E-state index in [0.29, 0.717) is 45.8 Å². The molecule has 0 bridgehead atoms. The number of carbonyl (C=O) groups excluding carboxylic acids is 2. The number of rotatable bonds is 3. The van der Waals surface area contributed by atoms with Gasteiger partial charge in [-0.25, -0.2) is 0 Å². The van der Waals surface area contributed by atoms with E-state index in [2.05, 4.69) is 5.32 Å². The summed E-state index contributed by atoms with van der Waals surface area (Å²) >= 11 is 0. The molecule has 0 spiro atoms. The van der Waals surface area contributed by atoms with Gasteiger partial charge < -0.3 is 19.9 Å². The third-order valence-electron chi connectivity index (χ3n) is 5.00. The average molecular weight is 382 g/mol. The second-order valence-electron chi connectivity index (χ2n) is 6.88. The lowest BCUT2D eigenvalue weighted by Gasteiger charge is -2.38. The third-order valence-corrected chi connectivity index (χ3v) is 5.00. The zero-order chi connectivity index (χ0) is 17.8. The number of amides is 2. The molecule has 0 unspecified atom stereocenters. The van der Waals surface area contributed by atoms with Crippen LogP contribution < -0.4 is 5.32 Å². The highest BCUT2D eigenvalue weighted by atomic mass is 35.5. The van der Waals surface area contributed by atoms with E-state index in [1.165, 1.54) is 5.56 Å². The van der Waals surface area contributed by atoms with Crippen LogP contribution in [0.5, 0.6) is 0 Å².